The van der Waals surface area contributed by atoms with Crippen molar-refractivity contribution in [3.63, 3.8) is 0 Å². The minimum Gasteiger partial charge on any atom is -0.297 e. The molecule has 1 aromatic heterocycles. The van der Waals surface area contributed by atoms with Gasteiger partial charge < -0.3 is 0 Å². The molecule has 4 nitrogen and oxygen atoms in total. The summed E-state index contributed by atoms with van der Waals surface area (Å²) in [5.74, 6) is 0.247. The summed E-state index contributed by atoms with van der Waals surface area (Å²) < 4.78 is 1.72. The lowest BCUT2D eigenvalue weighted by molar-refractivity contribution is -0.130. The summed E-state index contributed by atoms with van der Waals surface area (Å²) in [6, 6.07) is -0.163. The van der Waals surface area contributed by atoms with Crippen LogP contribution in [0.25, 0.3) is 0 Å². The van der Waals surface area contributed by atoms with E-state index in [0.717, 1.165) is 12.8 Å². The standard InChI is InChI=1S/C16H29N3O/c1-5-6-7-8-9-10-11-14(15(20)16(2,3)4)19-13-17-12-18-19/h12-14H,5-11H2,1-4H3. The molecule has 0 fully saturated rings. The Labute approximate surface area is 123 Å². The highest BCUT2D eigenvalue weighted by atomic mass is 16.1. The summed E-state index contributed by atoms with van der Waals surface area (Å²) in [6.45, 7) is 8.14. The Morgan fingerprint density at radius 3 is 2.35 bits per heavy atom. The van der Waals surface area contributed by atoms with Crippen LogP contribution in [0.5, 0.6) is 0 Å². The van der Waals surface area contributed by atoms with Gasteiger partial charge in [-0.1, -0.05) is 66.2 Å². The molecule has 4 heteroatoms. The number of rotatable bonds is 9. The lowest BCUT2D eigenvalue weighted by Gasteiger charge is -2.24. The van der Waals surface area contributed by atoms with Crippen molar-refractivity contribution < 1.29 is 4.79 Å². The SMILES string of the molecule is CCCCCCCCC(C(=O)C(C)(C)C)n1cncn1. The molecule has 0 saturated carbocycles. The van der Waals surface area contributed by atoms with Crippen molar-refractivity contribution in [1.82, 2.24) is 14.8 Å². The smallest absolute Gasteiger partial charge is 0.162 e. The number of ketones is 1. The Morgan fingerprint density at radius 1 is 1.15 bits per heavy atom. The van der Waals surface area contributed by atoms with Crippen LogP contribution in [0.3, 0.4) is 0 Å². The molecule has 0 N–H and O–H groups in total. The van der Waals surface area contributed by atoms with Crippen molar-refractivity contribution in [2.24, 2.45) is 5.41 Å². The van der Waals surface area contributed by atoms with E-state index in [1.165, 1.54) is 38.4 Å². The summed E-state index contributed by atoms with van der Waals surface area (Å²) in [6.07, 6.45) is 11.5. The Hall–Kier alpha value is -1.19. The second-order valence-corrected chi connectivity index (χ2v) is 6.56. The summed E-state index contributed by atoms with van der Waals surface area (Å²) in [7, 11) is 0. The van der Waals surface area contributed by atoms with Gasteiger partial charge in [-0.15, -0.1) is 0 Å². The summed E-state index contributed by atoms with van der Waals surface area (Å²) >= 11 is 0. The number of carbonyl (C=O) groups excluding carboxylic acids is 1. The highest BCUT2D eigenvalue weighted by Crippen LogP contribution is 2.27. The third-order valence-corrected chi connectivity index (χ3v) is 3.63. The van der Waals surface area contributed by atoms with Crippen molar-refractivity contribution in [1.29, 1.82) is 0 Å². The summed E-state index contributed by atoms with van der Waals surface area (Å²) in [4.78, 5) is 16.5. The van der Waals surface area contributed by atoms with Crippen LogP contribution >= 0.6 is 0 Å². The first kappa shape index (κ1) is 16.9. The van der Waals surface area contributed by atoms with Gasteiger partial charge in [-0.25, -0.2) is 9.67 Å². The third-order valence-electron chi connectivity index (χ3n) is 3.63. The quantitative estimate of drug-likeness (QED) is 0.637. The topological polar surface area (TPSA) is 47.8 Å². The molecule has 0 radical (unpaired) electrons. The second-order valence-electron chi connectivity index (χ2n) is 6.56. The predicted molar refractivity (Wildman–Crippen MR) is 81.5 cm³/mol. The van der Waals surface area contributed by atoms with Crippen LogP contribution in [0.2, 0.25) is 0 Å². The largest absolute Gasteiger partial charge is 0.297 e. The van der Waals surface area contributed by atoms with Crippen LogP contribution in [0.4, 0.5) is 0 Å². The van der Waals surface area contributed by atoms with Crippen molar-refractivity contribution in [3.8, 4) is 0 Å². The summed E-state index contributed by atoms with van der Waals surface area (Å²) in [5, 5.41) is 4.16. The molecular formula is C16H29N3O. The van der Waals surface area contributed by atoms with Crippen molar-refractivity contribution >= 4 is 5.78 Å². The Morgan fingerprint density at radius 2 is 1.80 bits per heavy atom. The zero-order valence-corrected chi connectivity index (χ0v) is 13.4. The number of unbranched alkanes of at least 4 members (excludes halogenated alkanes) is 5. The van der Waals surface area contributed by atoms with Gasteiger partial charge in [0.1, 0.15) is 18.7 Å². The molecular weight excluding hydrogens is 250 g/mol. The molecule has 0 aliphatic rings. The Kier molecular flexibility index (Phi) is 6.89. The molecule has 114 valence electrons. The lowest BCUT2D eigenvalue weighted by atomic mass is 9.84. The maximum absolute atomic E-state index is 12.5. The Balaban J connectivity index is 2.51. The number of nitrogens with zero attached hydrogens (tertiary/aromatic N) is 3. The van der Waals surface area contributed by atoms with Crippen molar-refractivity contribution in [2.75, 3.05) is 0 Å². The van der Waals surface area contributed by atoms with Gasteiger partial charge in [0.15, 0.2) is 5.78 Å². The zero-order valence-electron chi connectivity index (χ0n) is 13.4. The number of carbonyl (C=O) groups is 1. The van der Waals surface area contributed by atoms with Gasteiger partial charge in [0, 0.05) is 5.41 Å². The maximum atomic E-state index is 12.5. The first-order chi connectivity index (χ1) is 9.46. The van der Waals surface area contributed by atoms with Crippen LogP contribution in [0, 0.1) is 5.41 Å². The molecule has 1 unspecified atom stereocenters. The molecule has 0 aromatic carbocycles. The zero-order chi connectivity index (χ0) is 15.0. The second kappa shape index (κ2) is 8.18. The van der Waals surface area contributed by atoms with Crippen LogP contribution in [-0.4, -0.2) is 20.5 Å². The lowest BCUT2D eigenvalue weighted by Crippen LogP contribution is -2.31. The number of Topliss-reactive ketones (excluding diaryl/α,β-unsaturated/α-hetero) is 1. The van der Waals surface area contributed by atoms with Crippen LogP contribution < -0.4 is 0 Å². The average Bonchev–Trinajstić information content (AvgIpc) is 2.90. The number of hydrogen-bond acceptors (Lipinski definition) is 3. The first-order valence-electron chi connectivity index (χ1n) is 7.85. The molecule has 1 atom stereocenters. The van der Waals surface area contributed by atoms with Crippen LogP contribution in [0.15, 0.2) is 12.7 Å². The van der Waals surface area contributed by atoms with Gasteiger partial charge in [0.2, 0.25) is 0 Å². The van der Waals surface area contributed by atoms with Crippen molar-refractivity contribution in [2.45, 2.75) is 78.7 Å². The van der Waals surface area contributed by atoms with E-state index in [1.807, 2.05) is 20.8 Å². The van der Waals surface area contributed by atoms with Crippen molar-refractivity contribution in [3.05, 3.63) is 12.7 Å². The van der Waals surface area contributed by atoms with E-state index < -0.39 is 0 Å². The third kappa shape index (κ3) is 5.43. The maximum Gasteiger partial charge on any atom is 0.162 e. The van der Waals surface area contributed by atoms with Crippen LogP contribution in [0.1, 0.15) is 78.7 Å². The summed E-state index contributed by atoms with van der Waals surface area (Å²) in [5.41, 5.74) is -0.334. The monoisotopic (exact) mass is 279 g/mol. The minimum absolute atomic E-state index is 0.163. The van der Waals surface area contributed by atoms with E-state index in [2.05, 4.69) is 17.0 Å². The molecule has 1 heterocycles. The molecule has 0 spiro atoms. The molecule has 1 aromatic rings. The average molecular weight is 279 g/mol. The molecule has 0 amide bonds. The van der Waals surface area contributed by atoms with Gasteiger partial charge in [-0.05, 0) is 6.42 Å². The number of hydrogen-bond donors (Lipinski definition) is 0. The van der Waals surface area contributed by atoms with E-state index in [1.54, 1.807) is 11.0 Å². The fraction of sp³-hybridized carbons (Fsp3) is 0.812. The fourth-order valence-corrected chi connectivity index (χ4v) is 2.38. The van der Waals surface area contributed by atoms with Gasteiger partial charge in [0.05, 0.1) is 0 Å². The van der Waals surface area contributed by atoms with E-state index in [0.29, 0.717) is 0 Å². The van der Waals surface area contributed by atoms with Gasteiger partial charge in [-0.2, -0.15) is 5.10 Å². The van der Waals surface area contributed by atoms with E-state index in [-0.39, 0.29) is 17.2 Å². The highest BCUT2D eigenvalue weighted by Gasteiger charge is 2.30. The van der Waals surface area contributed by atoms with E-state index in [4.69, 9.17) is 0 Å². The van der Waals surface area contributed by atoms with Gasteiger partial charge >= 0.3 is 0 Å². The van der Waals surface area contributed by atoms with Gasteiger partial charge in [0.25, 0.3) is 0 Å². The number of aromatic nitrogens is 3. The molecule has 0 saturated heterocycles. The van der Waals surface area contributed by atoms with Crippen LogP contribution in [-0.2, 0) is 4.79 Å². The Bertz CT molecular complexity index is 379. The minimum atomic E-state index is -0.334. The fourth-order valence-electron chi connectivity index (χ4n) is 2.38. The molecule has 1 rings (SSSR count). The first-order valence-corrected chi connectivity index (χ1v) is 7.85. The molecule has 20 heavy (non-hydrogen) atoms. The molecule has 0 aliphatic carbocycles. The van der Waals surface area contributed by atoms with Gasteiger partial charge in [-0.3, -0.25) is 4.79 Å². The molecule has 0 aliphatic heterocycles. The van der Waals surface area contributed by atoms with E-state index in [9.17, 15) is 4.79 Å². The predicted octanol–water partition coefficient (Wildman–Crippen LogP) is 4.19. The van der Waals surface area contributed by atoms with E-state index >= 15 is 0 Å². The normalized spacial score (nSPS) is 13.4. The molecule has 0 bridgehead atoms. The highest BCUT2D eigenvalue weighted by molar-refractivity contribution is 5.87.